The van der Waals surface area contributed by atoms with Gasteiger partial charge in [-0.25, -0.2) is 9.59 Å². The molecule has 0 bridgehead atoms. The van der Waals surface area contributed by atoms with E-state index in [-0.39, 0.29) is 5.56 Å². The van der Waals surface area contributed by atoms with E-state index < -0.39 is 11.3 Å². The maximum atomic E-state index is 12.8. The minimum absolute atomic E-state index is 0.276. The Bertz CT molecular complexity index is 1550. The Hall–Kier alpha value is -4.32. The third-order valence-electron chi connectivity index (χ3n) is 5.20. The van der Waals surface area contributed by atoms with E-state index in [1.165, 1.54) is 13.2 Å². The molecule has 5 aromatic rings. The molecule has 2 heterocycles. The van der Waals surface area contributed by atoms with Crippen LogP contribution in [-0.4, -0.2) is 7.11 Å². The number of hydrogen-bond donors (Lipinski definition) is 0. The SMILES string of the molecule is COc1ccc2c(-c3cc4ccc(OCc5ccccc5)cc4oc3=O)cc(=O)oc2c1. The summed E-state index contributed by atoms with van der Waals surface area (Å²) in [5, 5.41) is 1.32. The van der Waals surface area contributed by atoms with E-state index in [1.807, 2.05) is 42.5 Å². The Balaban J connectivity index is 1.55. The highest BCUT2D eigenvalue weighted by molar-refractivity contribution is 5.95. The second kappa shape index (κ2) is 8.07. The number of fused-ring (bicyclic) bond motifs is 2. The average Bonchev–Trinajstić information content (AvgIpc) is 2.82. The first-order valence-corrected chi connectivity index (χ1v) is 9.97. The monoisotopic (exact) mass is 426 g/mol. The number of rotatable bonds is 5. The summed E-state index contributed by atoms with van der Waals surface area (Å²) in [5.41, 5.74) is 1.37. The van der Waals surface area contributed by atoms with Gasteiger partial charge in [-0.15, -0.1) is 0 Å². The van der Waals surface area contributed by atoms with Gasteiger partial charge in [-0.2, -0.15) is 0 Å². The Morgan fingerprint density at radius 3 is 2.34 bits per heavy atom. The highest BCUT2D eigenvalue weighted by atomic mass is 16.5. The normalized spacial score (nSPS) is 11.0. The standard InChI is InChI=1S/C26H18O6/c1-29-18-9-10-20-21(14-25(27)31-24(20)12-18)22-11-17-7-8-19(13-23(17)32-26(22)28)30-15-16-5-3-2-4-6-16/h2-14H,15H2,1H3. The van der Waals surface area contributed by atoms with Gasteiger partial charge in [-0.3, -0.25) is 0 Å². The molecule has 0 aliphatic heterocycles. The van der Waals surface area contributed by atoms with Crippen molar-refractivity contribution >= 4 is 21.9 Å². The first-order chi connectivity index (χ1) is 15.6. The molecule has 32 heavy (non-hydrogen) atoms. The van der Waals surface area contributed by atoms with Gasteiger partial charge in [0, 0.05) is 34.5 Å². The second-order valence-corrected chi connectivity index (χ2v) is 7.26. The molecule has 0 fully saturated rings. The lowest BCUT2D eigenvalue weighted by atomic mass is 10.0. The van der Waals surface area contributed by atoms with Crippen molar-refractivity contribution in [2.45, 2.75) is 6.61 Å². The van der Waals surface area contributed by atoms with Gasteiger partial charge in [-0.1, -0.05) is 30.3 Å². The first kappa shape index (κ1) is 19.6. The lowest BCUT2D eigenvalue weighted by Gasteiger charge is -2.09. The molecule has 0 unspecified atom stereocenters. The minimum Gasteiger partial charge on any atom is -0.497 e. The van der Waals surface area contributed by atoms with E-state index in [1.54, 1.807) is 30.3 Å². The summed E-state index contributed by atoms with van der Waals surface area (Å²) in [6.07, 6.45) is 0. The fourth-order valence-electron chi connectivity index (χ4n) is 3.60. The van der Waals surface area contributed by atoms with Gasteiger partial charge in [0.15, 0.2) is 0 Å². The number of hydrogen-bond acceptors (Lipinski definition) is 6. The van der Waals surface area contributed by atoms with Gasteiger partial charge < -0.3 is 18.3 Å². The van der Waals surface area contributed by atoms with E-state index in [4.69, 9.17) is 18.3 Å². The molecule has 6 nitrogen and oxygen atoms in total. The molecule has 0 N–H and O–H groups in total. The Kier molecular flexibility index (Phi) is 4.95. The third kappa shape index (κ3) is 3.74. The Morgan fingerprint density at radius 1 is 0.750 bits per heavy atom. The predicted octanol–water partition coefficient (Wildman–Crippen LogP) is 5.15. The maximum absolute atomic E-state index is 12.8. The molecule has 0 amide bonds. The smallest absolute Gasteiger partial charge is 0.344 e. The fourth-order valence-corrected chi connectivity index (χ4v) is 3.60. The van der Waals surface area contributed by atoms with Crippen molar-refractivity contribution in [3.63, 3.8) is 0 Å². The van der Waals surface area contributed by atoms with Gasteiger partial charge in [0.1, 0.15) is 29.3 Å². The van der Waals surface area contributed by atoms with Crippen LogP contribution in [0.2, 0.25) is 0 Å². The quantitative estimate of drug-likeness (QED) is 0.362. The maximum Gasteiger partial charge on any atom is 0.344 e. The van der Waals surface area contributed by atoms with Crippen LogP contribution in [0.5, 0.6) is 11.5 Å². The van der Waals surface area contributed by atoms with Crippen LogP contribution < -0.4 is 20.7 Å². The van der Waals surface area contributed by atoms with Crippen LogP contribution >= 0.6 is 0 Å². The van der Waals surface area contributed by atoms with Crippen molar-refractivity contribution in [2.24, 2.45) is 0 Å². The minimum atomic E-state index is -0.565. The highest BCUT2D eigenvalue weighted by Gasteiger charge is 2.15. The van der Waals surface area contributed by atoms with Gasteiger partial charge in [-0.05, 0) is 35.9 Å². The van der Waals surface area contributed by atoms with Crippen LogP contribution in [0.15, 0.2) is 97.3 Å². The molecule has 0 spiro atoms. The number of methoxy groups -OCH3 is 1. The molecule has 3 aromatic carbocycles. The topological polar surface area (TPSA) is 78.9 Å². The molecule has 0 saturated carbocycles. The summed E-state index contributed by atoms with van der Waals surface area (Å²) in [6.45, 7) is 0.407. The van der Waals surface area contributed by atoms with Crippen molar-refractivity contribution in [2.75, 3.05) is 7.11 Å². The lowest BCUT2D eigenvalue weighted by Crippen LogP contribution is -2.06. The second-order valence-electron chi connectivity index (χ2n) is 7.26. The van der Waals surface area contributed by atoms with E-state index in [0.717, 1.165) is 5.56 Å². The largest absolute Gasteiger partial charge is 0.497 e. The van der Waals surface area contributed by atoms with Crippen LogP contribution in [0.25, 0.3) is 33.1 Å². The van der Waals surface area contributed by atoms with Gasteiger partial charge in [0.05, 0.1) is 12.7 Å². The molecule has 158 valence electrons. The van der Waals surface area contributed by atoms with E-state index in [9.17, 15) is 9.59 Å². The lowest BCUT2D eigenvalue weighted by molar-refractivity contribution is 0.306. The summed E-state index contributed by atoms with van der Waals surface area (Å²) in [4.78, 5) is 25.0. The number of benzene rings is 3. The zero-order valence-electron chi connectivity index (χ0n) is 17.2. The molecule has 0 aliphatic carbocycles. The van der Waals surface area contributed by atoms with E-state index in [0.29, 0.717) is 45.6 Å². The molecule has 0 saturated heterocycles. The van der Waals surface area contributed by atoms with Crippen molar-refractivity contribution in [3.8, 4) is 22.6 Å². The van der Waals surface area contributed by atoms with Crippen molar-refractivity contribution in [1.82, 2.24) is 0 Å². The van der Waals surface area contributed by atoms with Crippen LogP contribution in [0.1, 0.15) is 5.56 Å². The van der Waals surface area contributed by atoms with Gasteiger partial charge >= 0.3 is 11.3 Å². The van der Waals surface area contributed by atoms with Gasteiger partial charge in [0.2, 0.25) is 0 Å². The molecular weight excluding hydrogens is 408 g/mol. The summed E-state index contributed by atoms with van der Waals surface area (Å²) in [5.74, 6) is 1.14. The molecular formula is C26H18O6. The fraction of sp³-hybridized carbons (Fsp3) is 0.0769. The van der Waals surface area contributed by atoms with Gasteiger partial charge in [0.25, 0.3) is 0 Å². The predicted molar refractivity (Wildman–Crippen MR) is 121 cm³/mol. The molecule has 0 radical (unpaired) electrons. The van der Waals surface area contributed by atoms with Crippen molar-refractivity contribution in [1.29, 1.82) is 0 Å². The van der Waals surface area contributed by atoms with Crippen LogP contribution in [0, 0.1) is 0 Å². The van der Waals surface area contributed by atoms with Crippen molar-refractivity contribution < 1.29 is 18.3 Å². The molecule has 2 aromatic heterocycles. The Labute approximate surface area is 182 Å². The summed E-state index contributed by atoms with van der Waals surface area (Å²) in [6, 6.07) is 23.2. The zero-order valence-corrected chi connectivity index (χ0v) is 17.2. The molecule has 6 heteroatoms. The summed E-state index contributed by atoms with van der Waals surface area (Å²) in [7, 11) is 1.53. The van der Waals surface area contributed by atoms with Crippen LogP contribution in [0.4, 0.5) is 0 Å². The zero-order chi connectivity index (χ0) is 22.1. The molecule has 5 rings (SSSR count). The Morgan fingerprint density at radius 2 is 1.53 bits per heavy atom. The van der Waals surface area contributed by atoms with Crippen molar-refractivity contribution in [3.05, 3.63) is 105 Å². The number of ether oxygens (including phenoxy) is 2. The summed E-state index contributed by atoms with van der Waals surface area (Å²) < 4.78 is 21.9. The van der Waals surface area contributed by atoms with Crippen LogP contribution in [-0.2, 0) is 6.61 Å². The molecule has 0 atom stereocenters. The van der Waals surface area contributed by atoms with Crippen LogP contribution in [0.3, 0.4) is 0 Å². The molecule has 0 aliphatic rings. The van der Waals surface area contributed by atoms with E-state index in [2.05, 4.69) is 0 Å². The summed E-state index contributed by atoms with van der Waals surface area (Å²) >= 11 is 0. The first-order valence-electron chi connectivity index (χ1n) is 9.97. The highest BCUT2D eigenvalue weighted by Crippen LogP contribution is 2.30. The third-order valence-corrected chi connectivity index (χ3v) is 5.20. The average molecular weight is 426 g/mol. The van der Waals surface area contributed by atoms with E-state index >= 15 is 0 Å².